The van der Waals surface area contributed by atoms with Crippen LogP contribution in [0.15, 0.2) is 36.4 Å². The molecule has 0 radical (unpaired) electrons. The van der Waals surface area contributed by atoms with E-state index in [1.807, 2.05) is 45.0 Å². The number of nitrogens with one attached hydrogen (secondary N) is 1. The van der Waals surface area contributed by atoms with Crippen LogP contribution in [0.4, 0.5) is 5.69 Å². The van der Waals surface area contributed by atoms with Crippen molar-refractivity contribution in [1.82, 2.24) is 5.32 Å². The zero-order valence-electron chi connectivity index (χ0n) is 17.1. The Balaban J connectivity index is 1.62. The molecule has 0 spiro atoms. The molecule has 8 heteroatoms. The molecule has 1 atom stereocenters. The Labute approximate surface area is 171 Å². The van der Waals surface area contributed by atoms with Crippen molar-refractivity contribution < 1.29 is 22.7 Å². The van der Waals surface area contributed by atoms with Crippen LogP contribution in [-0.4, -0.2) is 46.4 Å². The summed E-state index contributed by atoms with van der Waals surface area (Å²) in [6, 6.07) is 11.1. The number of nitrogens with zero attached hydrogens (tertiary/aromatic N) is 1. The molecule has 2 aromatic rings. The molecule has 2 aromatic carbocycles. The number of fused-ring (bicyclic) bond motifs is 1. The molecule has 1 aliphatic rings. The van der Waals surface area contributed by atoms with Gasteiger partial charge in [0.25, 0.3) is 5.91 Å². The second kappa shape index (κ2) is 8.32. The summed E-state index contributed by atoms with van der Waals surface area (Å²) in [5, 5.41) is 2.76. The van der Waals surface area contributed by atoms with E-state index in [1.165, 1.54) is 4.31 Å². The van der Waals surface area contributed by atoms with Gasteiger partial charge in [0, 0.05) is 0 Å². The Hall–Kier alpha value is -2.74. The number of carbonyl (C=O) groups is 1. The van der Waals surface area contributed by atoms with E-state index in [2.05, 4.69) is 5.32 Å². The van der Waals surface area contributed by atoms with Crippen LogP contribution in [0, 0.1) is 20.8 Å². The minimum Gasteiger partial charge on any atom is -0.491 e. The minimum atomic E-state index is -3.54. The lowest BCUT2D eigenvalue weighted by molar-refractivity contribution is -0.127. The van der Waals surface area contributed by atoms with E-state index in [4.69, 9.17) is 9.47 Å². The maximum Gasteiger partial charge on any atom is 0.263 e. The van der Waals surface area contributed by atoms with Gasteiger partial charge in [0.05, 0.1) is 25.0 Å². The lowest BCUT2D eigenvalue weighted by atomic mass is 10.1. The second-order valence-corrected chi connectivity index (χ2v) is 9.19. The zero-order valence-corrected chi connectivity index (χ0v) is 17.9. The Morgan fingerprint density at radius 1 is 1.17 bits per heavy atom. The lowest BCUT2D eigenvalue weighted by Gasteiger charge is -2.34. The van der Waals surface area contributed by atoms with Gasteiger partial charge in [-0.2, -0.15) is 0 Å². The smallest absolute Gasteiger partial charge is 0.263 e. The van der Waals surface area contributed by atoms with Gasteiger partial charge < -0.3 is 14.8 Å². The van der Waals surface area contributed by atoms with Gasteiger partial charge >= 0.3 is 0 Å². The average Bonchev–Trinajstić information content (AvgIpc) is 2.64. The van der Waals surface area contributed by atoms with Crippen LogP contribution in [0.3, 0.4) is 0 Å². The zero-order chi connectivity index (χ0) is 21.2. The number of hydrogen-bond donors (Lipinski definition) is 1. The quantitative estimate of drug-likeness (QED) is 0.728. The second-order valence-electron chi connectivity index (χ2n) is 7.28. The molecule has 1 N–H and O–H groups in total. The monoisotopic (exact) mass is 418 g/mol. The summed E-state index contributed by atoms with van der Waals surface area (Å²) in [5.74, 6) is 0.773. The first kappa shape index (κ1) is 21.0. The van der Waals surface area contributed by atoms with Crippen molar-refractivity contribution in [2.75, 3.05) is 30.3 Å². The Morgan fingerprint density at radius 3 is 2.55 bits per heavy atom. The number of rotatable bonds is 6. The standard InChI is InChI=1S/C21H26N2O5S/c1-14-6-8-18(16(3)11-14)27-10-9-22-21(24)20-13-23(29(4,25)26)17-7-5-15(2)12-19(17)28-20/h5-8,11-12,20H,9-10,13H2,1-4H3,(H,22,24). The van der Waals surface area contributed by atoms with Crippen molar-refractivity contribution >= 4 is 21.6 Å². The van der Waals surface area contributed by atoms with E-state index in [-0.39, 0.29) is 19.0 Å². The van der Waals surface area contributed by atoms with Crippen molar-refractivity contribution in [1.29, 1.82) is 0 Å². The summed E-state index contributed by atoms with van der Waals surface area (Å²) in [6.45, 7) is 6.37. The maximum absolute atomic E-state index is 12.6. The highest BCUT2D eigenvalue weighted by atomic mass is 32.2. The van der Waals surface area contributed by atoms with Gasteiger partial charge in [0.15, 0.2) is 6.10 Å². The van der Waals surface area contributed by atoms with Crippen LogP contribution >= 0.6 is 0 Å². The third kappa shape index (κ3) is 5.00. The number of hydrogen-bond acceptors (Lipinski definition) is 5. The molecule has 156 valence electrons. The molecule has 1 aliphatic heterocycles. The Morgan fingerprint density at radius 2 is 1.86 bits per heavy atom. The molecule has 1 amide bonds. The third-order valence-corrected chi connectivity index (χ3v) is 5.81. The molecule has 0 fully saturated rings. The topological polar surface area (TPSA) is 84.9 Å². The first-order chi connectivity index (χ1) is 13.6. The number of ether oxygens (including phenoxy) is 2. The van der Waals surface area contributed by atoms with Crippen molar-refractivity contribution in [3.05, 3.63) is 53.1 Å². The number of carbonyl (C=O) groups excluding carboxylic acids is 1. The van der Waals surface area contributed by atoms with Crippen molar-refractivity contribution in [3.8, 4) is 11.5 Å². The summed E-state index contributed by atoms with van der Waals surface area (Å²) in [5.41, 5.74) is 3.55. The van der Waals surface area contributed by atoms with Gasteiger partial charge in [0.1, 0.15) is 18.1 Å². The number of anilines is 1. The SMILES string of the molecule is Cc1ccc(OCCNC(=O)C2CN(S(C)(=O)=O)c3ccc(C)cc3O2)c(C)c1. The highest BCUT2D eigenvalue weighted by Gasteiger charge is 2.34. The van der Waals surface area contributed by atoms with Crippen LogP contribution < -0.4 is 19.1 Å². The molecule has 0 aliphatic carbocycles. The van der Waals surface area contributed by atoms with Gasteiger partial charge in [-0.05, 0) is 50.1 Å². The van der Waals surface area contributed by atoms with Gasteiger partial charge in [-0.1, -0.05) is 23.8 Å². The molecular weight excluding hydrogens is 392 g/mol. The number of aryl methyl sites for hydroxylation is 3. The fourth-order valence-corrected chi connectivity index (χ4v) is 4.14. The fourth-order valence-electron chi connectivity index (χ4n) is 3.22. The predicted octanol–water partition coefficient (Wildman–Crippen LogP) is 2.33. The van der Waals surface area contributed by atoms with E-state index in [9.17, 15) is 13.2 Å². The van der Waals surface area contributed by atoms with Crippen molar-refractivity contribution in [3.63, 3.8) is 0 Å². The molecule has 0 aromatic heterocycles. The molecule has 0 saturated carbocycles. The van der Waals surface area contributed by atoms with Gasteiger partial charge in [-0.15, -0.1) is 0 Å². The molecule has 0 bridgehead atoms. The largest absolute Gasteiger partial charge is 0.491 e. The first-order valence-electron chi connectivity index (χ1n) is 9.38. The molecule has 7 nitrogen and oxygen atoms in total. The van der Waals surface area contributed by atoms with E-state index >= 15 is 0 Å². The average molecular weight is 419 g/mol. The summed E-state index contributed by atoms with van der Waals surface area (Å²) in [4.78, 5) is 12.6. The molecule has 1 unspecified atom stereocenters. The highest BCUT2D eigenvalue weighted by molar-refractivity contribution is 7.92. The third-order valence-electron chi connectivity index (χ3n) is 4.67. The molecule has 0 saturated heterocycles. The Kier molecular flexibility index (Phi) is 6.02. The number of sulfonamides is 1. The summed E-state index contributed by atoms with van der Waals surface area (Å²) >= 11 is 0. The Bertz CT molecular complexity index is 1020. The van der Waals surface area contributed by atoms with Crippen LogP contribution in [0.5, 0.6) is 11.5 Å². The molecule has 29 heavy (non-hydrogen) atoms. The van der Waals surface area contributed by atoms with Crippen molar-refractivity contribution in [2.45, 2.75) is 26.9 Å². The summed E-state index contributed by atoms with van der Waals surface area (Å²) in [7, 11) is -3.54. The van der Waals surface area contributed by atoms with E-state index in [0.29, 0.717) is 18.0 Å². The van der Waals surface area contributed by atoms with Gasteiger partial charge in [-0.25, -0.2) is 8.42 Å². The minimum absolute atomic E-state index is 0.0708. The van der Waals surface area contributed by atoms with E-state index in [1.54, 1.807) is 12.1 Å². The van der Waals surface area contributed by atoms with Gasteiger partial charge in [0.2, 0.25) is 10.0 Å². The predicted molar refractivity (Wildman–Crippen MR) is 112 cm³/mol. The van der Waals surface area contributed by atoms with Crippen LogP contribution in [0.2, 0.25) is 0 Å². The van der Waals surface area contributed by atoms with Gasteiger partial charge in [-0.3, -0.25) is 9.10 Å². The molecular formula is C21H26N2O5S. The van der Waals surface area contributed by atoms with E-state index in [0.717, 1.165) is 28.7 Å². The number of benzene rings is 2. The van der Waals surface area contributed by atoms with Crippen LogP contribution in [0.25, 0.3) is 0 Å². The normalized spacial score (nSPS) is 16.0. The fraction of sp³-hybridized carbons (Fsp3) is 0.381. The maximum atomic E-state index is 12.6. The lowest BCUT2D eigenvalue weighted by Crippen LogP contribution is -2.51. The van der Waals surface area contributed by atoms with E-state index < -0.39 is 16.1 Å². The molecule has 3 rings (SSSR count). The summed E-state index contributed by atoms with van der Waals surface area (Å²) in [6.07, 6.45) is 0.189. The van der Waals surface area contributed by atoms with Crippen molar-refractivity contribution in [2.24, 2.45) is 0 Å². The van der Waals surface area contributed by atoms with Crippen LogP contribution in [-0.2, 0) is 14.8 Å². The van der Waals surface area contributed by atoms with Crippen LogP contribution in [0.1, 0.15) is 16.7 Å². The number of amides is 1. The first-order valence-corrected chi connectivity index (χ1v) is 11.2. The molecule has 1 heterocycles. The highest BCUT2D eigenvalue weighted by Crippen LogP contribution is 2.35. The summed E-state index contributed by atoms with van der Waals surface area (Å²) < 4.78 is 37.1.